The maximum atomic E-state index is 12.2. The molecule has 1 aromatic rings. The van der Waals surface area contributed by atoms with E-state index in [2.05, 4.69) is 11.4 Å². The normalized spacial score (nSPS) is 15.4. The first kappa shape index (κ1) is 14.4. The molecule has 2 rings (SSSR count). The van der Waals surface area contributed by atoms with E-state index in [0.717, 1.165) is 18.5 Å². The van der Waals surface area contributed by atoms with Gasteiger partial charge < -0.3 is 10.4 Å². The molecule has 0 bridgehead atoms. The molecule has 1 aromatic carbocycles. The summed E-state index contributed by atoms with van der Waals surface area (Å²) in [5, 5.41) is 11.5. The lowest BCUT2D eigenvalue weighted by atomic mass is 10.00. The number of carbonyl (C=O) groups is 2. The van der Waals surface area contributed by atoms with Crippen LogP contribution in [0.3, 0.4) is 0 Å². The second-order valence-electron chi connectivity index (χ2n) is 5.31. The quantitative estimate of drug-likeness (QED) is 0.889. The van der Waals surface area contributed by atoms with E-state index in [-0.39, 0.29) is 12.6 Å². The van der Waals surface area contributed by atoms with E-state index in [0.29, 0.717) is 6.54 Å². The van der Waals surface area contributed by atoms with Crippen molar-refractivity contribution < 1.29 is 14.7 Å². The van der Waals surface area contributed by atoms with Gasteiger partial charge >= 0.3 is 12.0 Å². The molecule has 108 valence electrons. The highest BCUT2D eigenvalue weighted by Crippen LogP contribution is 2.27. The molecular formula is C15H20N2O3. The van der Waals surface area contributed by atoms with Crippen LogP contribution in [0.15, 0.2) is 18.2 Å². The molecule has 1 unspecified atom stereocenters. The van der Waals surface area contributed by atoms with Crippen LogP contribution >= 0.6 is 0 Å². The van der Waals surface area contributed by atoms with Crippen molar-refractivity contribution in [3.05, 3.63) is 29.3 Å². The molecule has 2 N–H and O–H groups in total. The fourth-order valence-corrected chi connectivity index (χ4v) is 2.36. The summed E-state index contributed by atoms with van der Waals surface area (Å²) in [6.45, 7) is 4.43. The number of amides is 2. The molecule has 1 atom stereocenters. The molecule has 2 amide bonds. The van der Waals surface area contributed by atoms with Crippen molar-refractivity contribution in [1.29, 1.82) is 0 Å². The van der Waals surface area contributed by atoms with Crippen LogP contribution in [-0.2, 0) is 11.2 Å². The van der Waals surface area contributed by atoms with Crippen molar-refractivity contribution in [1.82, 2.24) is 5.32 Å². The fraction of sp³-hybridized carbons (Fsp3) is 0.467. The zero-order chi connectivity index (χ0) is 14.7. The van der Waals surface area contributed by atoms with E-state index in [1.807, 2.05) is 19.1 Å². The number of benzene rings is 1. The Morgan fingerprint density at radius 3 is 2.90 bits per heavy atom. The summed E-state index contributed by atoms with van der Waals surface area (Å²) in [5.41, 5.74) is 3.30. The highest BCUT2D eigenvalue weighted by Gasteiger charge is 2.23. The van der Waals surface area contributed by atoms with Crippen molar-refractivity contribution in [2.24, 2.45) is 5.92 Å². The number of aryl methyl sites for hydroxylation is 2. The van der Waals surface area contributed by atoms with E-state index >= 15 is 0 Å². The van der Waals surface area contributed by atoms with Gasteiger partial charge in [0.1, 0.15) is 0 Å². The summed E-state index contributed by atoms with van der Waals surface area (Å²) >= 11 is 0. The molecule has 0 saturated carbocycles. The standard InChI is InChI=1S/C15H20N2O3/c1-10-5-6-13-12(8-10)4-3-7-17(13)15(20)16-9-11(2)14(18)19/h5-6,8,11H,3-4,7,9H2,1-2H3,(H,16,20)(H,18,19). The van der Waals surface area contributed by atoms with Crippen LogP contribution in [0.25, 0.3) is 0 Å². The molecule has 1 heterocycles. The zero-order valence-corrected chi connectivity index (χ0v) is 11.8. The van der Waals surface area contributed by atoms with Crippen LogP contribution in [0.5, 0.6) is 0 Å². The predicted molar refractivity (Wildman–Crippen MR) is 77.0 cm³/mol. The first-order valence-corrected chi connectivity index (χ1v) is 6.86. The summed E-state index contributed by atoms with van der Waals surface area (Å²) in [6, 6.07) is 5.84. The molecule has 0 spiro atoms. The second-order valence-corrected chi connectivity index (χ2v) is 5.31. The van der Waals surface area contributed by atoms with Gasteiger partial charge in [-0.3, -0.25) is 9.69 Å². The number of nitrogens with zero attached hydrogens (tertiary/aromatic N) is 1. The number of rotatable bonds is 3. The molecule has 0 saturated heterocycles. The second kappa shape index (κ2) is 5.94. The van der Waals surface area contributed by atoms with Gasteiger partial charge in [-0.2, -0.15) is 0 Å². The van der Waals surface area contributed by atoms with Gasteiger partial charge in [-0.1, -0.05) is 24.6 Å². The van der Waals surface area contributed by atoms with E-state index in [4.69, 9.17) is 5.11 Å². The van der Waals surface area contributed by atoms with Crippen molar-refractivity contribution >= 4 is 17.7 Å². The van der Waals surface area contributed by atoms with Gasteiger partial charge in [0, 0.05) is 18.8 Å². The third-order valence-corrected chi connectivity index (χ3v) is 3.58. The Labute approximate surface area is 118 Å². The van der Waals surface area contributed by atoms with Crippen molar-refractivity contribution in [2.45, 2.75) is 26.7 Å². The average molecular weight is 276 g/mol. The molecule has 0 aliphatic carbocycles. The largest absolute Gasteiger partial charge is 0.481 e. The Morgan fingerprint density at radius 1 is 1.45 bits per heavy atom. The minimum Gasteiger partial charge on any atom is -0.481 e. The Balaban J connectivity index is 2.07. The summed E-state index contributed by atoms with van der Waals surface area (Å²) in [4.78, 5) is 24.7. The van der Waals surface area contributed by atoms with Gasteiger partial charge in [-0.15, -0.1) is 0 Å². The number of fused-ring (bicyclic) bond motifs is 1. The van der Waals surface area contributed by atoms with Crippen LogP contribution in [0.2, 0.25) is 0 Å². The van der Waals surface area contributed by atoms with Crippen LogP contribution in [0, 0.1) is 12.8 Å². The Hall–Kier alpha value is -2.04. The van der Waals surface area contributed by atoms with Gasteiger partial charge in [0.25, 0.3) is 0 Å². The first-order valence-electron chi connectivity index (χ1n) is 6.86. The number of hydrogen-bond acceptors (Lipinski definition) is 2. The third-order valence-electron chi connectivity index (χ3n) is 3.58. The predicted octanol–water partition coefficient (Wildman–Crippen LogP) is 2.18. The smallest absolute Gasteiger partial charge is 0.321 e. The number of nitrogens with one attached hydrogen (secondary N) is 1. The van der Waals surface area contributed by atoms with Crippen molar-refractivity contribution in [3.63, 3.8) is 0 Å². The Morgan fingerprint density at radius 2 is 2.20 bits per heavy atom. The minimum absolute atomic E-state index is 0.145. The first-order chi connectivity index (χ1) is 9.49. The van der Waals surface area contributed by atoms with Crippen LogP contribution in [0.1, 0.15) is 24.5 Å². The molecular weight excluding hydrogens is 256 g/mol. The Kier molecular flexibility index (Phi) is 4.27. The summed E-state index contributed by atoms with van der Waals surface area (Å²) in [6.07, 6.45) is 1.91. The van der Waals surface area contributed by atoms with E-state index in [9.17, 15) is 9.59 Å². The highest BCUT2D eigenvalue weighted by molar-refractivity contribution is 5.93. The van der Waals surface area contributed by atoms with Gasteiger partial charge in [0.05, 0.1) is 5.92 Å². The topological polar surface area (TPSA) is 69.6 Å². The zero-order valence-electron chi connectivity index (χ0n) is 11.8. The summed E-state index contributed by atoms with van der Waals surface area (Å²) in [7, 11) is 0. The number of hydrogen-bond donors (Lipinski definition) is 2. The van der Waals surface area contributed by atoms with Crippen LogP contribution in [-0.4, -0.2) is 30.2 Å². The molecule has 0 aromatic heterocycles. The number of carboxylic acid groups (broad SMARTS) is 1. The lowest BCUT2D eigenvalue weighted by molar-refractivity contribution is -0.140. The van der Waals surface area contributed by atoms with Crippen molar-refractivity contribution in [2.75, 3.05) is 18.0 Å². The number of anilines is 1. The average Bonchev–Trinajstić information content (AvgIpc) is 2.43. The number of aliphatic carboxylic acids is 1. The van der Waals surface area contributed by atoms with Crippen LogP contribution in [0.4, 0.5) is 10.5 Å². The van der Waals surface area contributed by atoms with E-state index in [1.54, 1.807) is 11.8 Å². The van der Waals surface area contributed by atoms with Crippen LogP contribution < -0.4 is 10.2 Å². The van der Waals surface area contributed by atoms with E-state index in [1.165, 1.54) is 11.1 Å². The SMILES string of the molecule is Cc1ccc2c(c1)CCCN2C(=O)NCC(C)C(=O)O. The molecule has 1 aliphatic heterocycles. The molecule has 20 heavy (non-hydrogen) atoms. The van der Waals surface area contributed by atoms with E-state index < -0.39 is 11.9 Å². The summed E-state index contributed by atoms with van der Waals surface area (Å²) < 4.78 is 0. The number of urea groups is 1. The Bertz CT molecular complexity index is 528. The van der Waals surface area contributed by atoms with Gasteiger partial charge in [-0.25, -0.2) is 4.79 Å². The van der Waals surface area contributed by atoms with Gasteiger partial charge in [0.2, 0.25) is 0 Å². The van der Waals surface area contributed by atoms with Gasteiger partial charge in [-0.05, 0) is 31.4 Å². The molecule has 0 fully saturated rings. The maximum Gasteiger partial charge on any atom is 0.321 e. The molecule has 5 nitrogen and oxygen atoms in total. The molecule has 0 radical (unpaired) electrons. The monoisotopic (exact) mass is 276 g/mol. The lowest BCUT2D eigenvalue weighted by Crippen LogP contribution is -2.44. The molecule has 5 heteroatoms. The maximum absolute atomic E-state index is 12.2. The fourth-order valence-electron chi connectivity index (χ4n) is 2.36. The van der Waals surface area contributed by atoms with Gasteiger partial charge in [0.15, 0.2) is 0 Å². The molecule has 1 aliphatic rings. The summed E-state index contributed by atoms with van der Waals surface area (Å²) in [5.74, 6) is -1.49. The van der Waals surface area contributed by atoms with Crippen molar-refractivity contribution in [3.8, 4) is 0 Å². The number of carboxylic acids is 1. The third kappa shape index (κ3) is 3.10. The number of carbonyl (C=O) groups excluding carboxylic acids is 1. The highest BCUT2D eigenvalue weighted by atomic mass is 16.4. The lowest BCUT2D eigenvalue weighted by Gasteiger charge is -2.30. The minimum atomic E-state index is -0.903.